The monoisotopic (exact) mass is 302 g/mol. The molecule has 6 heteroatoms. The molecule has 0 bridgehead atoms. The zero-order valence-electron chi connectivity index (χ0n) is 11.2. The van der Waals surface area contributed by atoms with Crippen molar-refractivity contribution < 1.29 is 14.3 Å². The van der Waals surface area contributed by atoms with Crippen LogP contribution in [-0.4, -0.2) is 31.5 Å². The van der Waals surface area contributed by atoms with Crippen LogP contribution in [0.1, 0.15) is 9.67 Å². The highest BCUT2D eigenvalue weighted by Crippen LogP contribution is 2.30. The Morgan fingerprint density at radius 3 is 2.95 bits per heavy atom. The quantitative estimate of drug-likeness (QED) is 0.938. The minimum absolute atomic E-state index is 0.0376. The molecule has 2 amide bonds. The molecule has 2 aromatic rings. The molecule has 0 radical (unpaired) electrons. The summed E-state index contributed by atoms with van der Waals surface area (Å²) in [6.45, 7) is 0.864. The first kappa shape index (κ1) is 13.6. The van der Waals surface area contributed by atoms with Gasteiger partial charge in [0.05, 0.1) is 10.6 Å². The number of carbonyl (C=O) groups excluding carboxylic acids is 2. The third kappa shape index (κ3) is 2.90. The van der Waals surface area contributed by atoms with E-state index in [-0.39, 0.29) is 18.4 Å². The Morgan fingerprint density at radius 1 is 1.29 bits per heavy atom. The summed E-state index contributed by atoms with van der Waals surface area (Å²) in [7, 11) is 0. The number of hydrogen-bond acceptors (Lipinski definition) is 4. The fourth-order valence-corrected chi connectivity index (χ4v) is 2.82. The van der Waals surface area contributed by atoms with Crippen LogP contribution in [0.4, 0.5) is 5.69 Å². The molecule has 0 atom stereocenters. The number of thiophene rings is 1. The van der Waals surface area contributed by atoms with Gasteiger partial charge in [-0.1, -0.05) is 18.2 Å². The zero-order chi connectivity index (χ0) is 14.7. The number of fused-ring (bicyclic) bond motifs is 1. The molecule has 1 N–H and O–H groups in total. The number of benzene rings is 1. The average Bonchev–Trinajstić information content (AvgIpc) is 3.04. The van der Waals surface area contributed by atoms with E-state index in [0.29, 0.717) is 23.7 Å². The van der Waals surface area contributed by atoms with Gasteiger partial charge in [0.15, 0.2) is 6.61 Å². The van der Waals surface area contributed by atoms with Crippen molar-refractivity contribution in [3.63, 3.8) is 0 Å². The lowest BCUT2D eigenvalue weighted by Crippen LogP contribution is -2.43. The summed E-state index contributed by atoms with van der Waals surface area (Å²) in [5.41, 5.74) is 0.749. The van der Waals surface area contributed by atoms with E-state index in [1.54, 1.807) is 11.0 Å². The van der Waals surface area contributed by atoms with Crippen LogP contribution in [0, 0.1) is 0 Å². The first-order valence-corrected chi connectivity index (χ1v) is 7.47. The normalized spacial score (nSPS) is 13.5. The lowest BCUT2D eigenvalue weighted by atomic mass is 10.2. The van der Waals surface area contributed by atoms with Gasteiger partial charge in [0.1, 0.15) is 5.75 Å². The minimum Gasteiger partial charge on any atom is -0.482 e. The van der Waals surface area contributed by atoms with Gasteiger partial charge in [-0.2, -0.15) is 0 Å². The summed E-state index contributed by atoms with van der Waals surface area (Å²) < 4.78 is 5.38. The summed E-state index contributed by atoms with van der Waals surface area (Å²) in [5, 5.41) is 4.68. The van der Waals surface area contributed by atoms with E-state index < -0.39 is 0 Å². The number of nitrogens with zero attached hydrogens (tertiary/aromatic N) is 1. The predicted octanol–water partition coefficient (Wildman–Crippen LogP) is 1.90. The van der Waals surface area contributed by atoms with Gasteiger partial charge in [-0.05, 0) is 23.6 Å². The summed E-state index contributed by atoms with van der Waals surface area (Å²) in [6, 6.07) is 11.0. The summed E-state index contributed by atoms with van der Waals surface area (Å²) in [4.78, 5) is 26.1. The number of hydrogen-bond donors (Lipinski definition) is 1. The van der Waals surface area contributed by atoms with Crippen molar-refractivity contribution in [1.29, 1.82) is 0 Å². The molecule has 2 heterocycles. The van der Waals surface area contributed by atoms with Gasteiger partial charge < -0.3 is 15.0 Å². The van der Waals surface area contributed by atoms with Gasteiger partial charge in [0.2, 0.25) is 0 Å². The third-order valence-electron chi connectivity index (χ3n) is 3.17. The van der Waals surface area contributed by atoms with Crippen molar-refractivity contribution in [3.8, 4) is 5.75 Å². The second-order valence-corrected chi connectivity index (χ2v) is 5.48. The fraction of sp³-hybridized carbons (Fsp3) is 0.200. The van der Waals surface area contributed by atoms with E-state index in [4.69, 9.17) is 4.74 Å². The molecule has 0 saturated heterocycles. The molecule has 108 valence electrons. The maximum atomic E-state index is 12.0. The molecule has 0 saturated carbocycles. The largest absolute Gasteiger partial charge is 0.482 e. The maximum absolute atomic E-state index is 12.0. The number of carbonyl (C=O) groups is 2. The number of amides is 2. The zero-order valence-corrected chi connectivity index (χ0v) is 12.1. The maximum Gasteiger partial charge on any atom is 0.265 e. The highest BCUT2D eigenvalue weighted by Gasteiger charge is 2.24. The Bertz CT molecular complexity index is 655. The molecule has 0 aliphatic carbocycles. The average molecular weight is 302 g/mol. The Morgan fingerprint density at radius 2 is 2.14 bits per heavy atom. The molecule has 1 aromatic carbocycles. The molecule has 21 heavy (non-hydrogen) atoms. The third-order valence-corrected chi connectivity index (χ3v) is 4.04. The van der Waals surface area contributed by atoms with Gasteiger partial charge in [-0.3, -0.25) is 9.59 Å². The molecule has 1 aliphatic rings. The molecule has 1 aromatic heterocycles. The van der Waals surface area contributed by atoms with Crippen molar-refractivity contribution in [2.75, 3.05) is 24.6 Å². The highest BCUT2D eigenvalue weighted by molar-refractivity contribution is 7.12. The number of nitrogens with one attached hydrogen (secondary N) is 1. The summed E-state index contributed by atoms with van der Waals surface area (Å²) >= 11 is 1.39. The fourth-order valence-electron chi connectivity index (χ4n) is 2.18. The summed E-state index contributed by atoms with van der Waals surface area (Å²) in [6.07, 6.45) is 0. The van der Waals surface area contributed by atoms with Crippen LogP contribution in [-0.2, 0) is 4.79 Å². The van der Waals surface area contributed by atoms with Gasteiger partial charge in [0.25, 0.3) is 11.8 Å². The second-order valence-electron chi connectivity index (χ2n) is 4.53. The van der Waals surface area contributed by atoms with Crippen molar-refractivity contribution in [2.45, 2.75) is 0 Å². The standard InChI is InChI=1S/C15H14N2O3S/c18-14-10-20-12-5-2-1-4-11(12)17(14)8-7-16-15(19)13-6-3-9-21-13/h1-6,9H,7-8,10H2,(H,16,19). The number of para-hydroxylation sites is 2. The van der Waals surface area contributed by atoms with E-state index in [0.717, 1.165) is 5.69 Å². The molecular formula is C15H14N2O3S. The lowest BCUT2D eigenvalue weighted by Gasteiger charge is -2.29. The van der Waals surface area contributed by atoms with Crippen molar-refractivity contribution in [3.05, 3.63) is 46.7 Å². The SMILES string of the molecule is O=C(NCCN1C(=O)COc2ccccc21)c1cccs1. The van der Waals surface area contributed by atoms with Crippen LogP contribution in [0.2, 0.25) is 0 Å². The Kier molecular flexibility index (Phi) is 3.87. The first-order valence-electron chi connectivity index (χ1n) is 6.59. The van der Waals surface area contributed by atoms with Crippen LogP contribution >= 0.6 is 11.3 Å². The summed E-state index contributed by atoms with van der Waals surface area (Å²) in [5.74, 6) is 0.486. The minimum atomic E-state index is -0.112. The highest BCUT2D eigenvalue weighted by atomic mass is 32.1. The molecule has 0 unspecified atom stereocenters. The van der Waals surface area contributed by atoms with Gasteiger partial charge in [-0.25, -0.2) is 0 Å². The van der Waals surface area contributed by atoms with Crippen LogP contribution in [0.15, 0.2) is 41.8 Å². The van der Waals surface area contributed by atoms with Crippen LogP contribution in [0.3, 0.4) is 0 Å². The van der Waals surface area contributed by atoms with Gasteiger partial charge in [0, 0.05) is 13.1 Å². The van der Waals surface area contributed by atoms with Crippen molar-refractivity contribution in [1.82, 2.24) is 5.32 Å². The second kappa shape index (κ2) is 5.97. The van der Waals surface area contributed by atoms with E-state index in [9.17, 15) is 9.59 Å². The van der Waals surface area contributed by atoms with Gasteiger partial charge in [-0.15, -0.1) is 11.3 Å². The number of anilines is 1. The topological polar surface area (TPSA) is 58.6 Å². The Labute approximate surface area is 126 Å². The Balaban J connectivity index is 1.63. The van der Waals surface area contributed by atoms with E-state index in [1.807, 2.05) is 35.7 Å². The number of rotatable bonds is 4. The lowest BCUT2D eigenvalue weighted by molar-refractivity contribution is -0.121. The van der Waals surface area contributed by atoms with Crippen molar-refractivity contribution >= 4 is 28.8 Å². The van der Waals surface area contributed by atoms with Crippen LogP contribution in [0.25, 0.3) is 0 Å². The molecular weight excluding hydrogens is 288 g/mol. The molecule has 1 aliphatic heterocycles. The van der Waals surface area contributed by atoms with Gasteiger partial charge >= 0.3 is 0 Å². The van der Waals surface area contributed by atoms with E-state index in [1.165, 1.54) is 11.3 Å². The molecule has 0 fully saturated rings. The molecule has 3 rings (SSSR count). The first-order chi connectivity index (χ1) is 10.3. The van der Waals surface area contributed by atoms with Crippen molar-refractivity contribution in [2.24, 2.45) is 0 Å². The van der Waals surface area contributed by atoms with E-state index >= 15 is 0 Å². The number of ether oxygens (including phenoxy) is 1. The molecule has 0 spiro atoms. The van der Waals surface area contributed by atoms with E-state index in [2.05, 4.69) is 5.32 Å². The molecule has 5 nitrogen and oxygen atoms in total. The Hall–Kier alpha value is -2.34. The van der Waals surface area contributed by atoms with Crippen LogP contribution in [0.5, 0.6) is 5.75 Å². The van der Waals surface area contributed by atoms with Crippen LogP contribution < -0.4 is 15.0 Å². The smallest absolute Gasteiger partial charge is 0.265 e. The predicted molar refractivity (Wildman–Crippen MR) is 80.9 cm³/mol.